The Labute approximate surface area is 117 Å². The van der Waals surface area contributed by atoms with Gasteiger partial charge >= 0.3 is 0 Å². The minimum atomic E-state index is -1.02. The molecule has 20 heavy (non-hydrogen) atoms. The number of nitrogens with two attached hydrogens (primary N) is 1. The molecule has 1 aromatic carbocycles. The fraction of sp³-hybridized carbons (Fsp3) is 0.462. The number of hydrogen-bond donors (Lipinski definition) is 2. The van der Waals surface area contributed by atoms with Crippen molar-refractivity contribution in [3.05, 3.63) is 28.3 Å². The van der Waals surface area contributed by atoms with E-state index in [1.165, 1.54) is 12.1 Å². The number of nitro groups is 1. The number of anilines is 1. The lowest BCUT2D eigenvalue weighted by Crippen LogP contribution is -2.45. The number of hydrogen-bond acceptors (Lipinski definition) is 5. The Morgan fingerprint density at radius 2 is 2.00 bits per heavy atom. The first-order chi connectivity index (χ1) is 9.11. The van der Waals surface area contributed by atoms with Crippen LogP contribution in [0.5, 0.6) is 5.75 Å². The number of nitrogens with zero attached hydrogens (tertiary/aromatic N) is 1. The Kier molecular flexibility index (Phi) is 4.54. The zero-order chi connectivity index (χ0) is 15.5. The monoisotopic (exact) mass is 281 g/mol. The first kappa shape index (κ1) is 15.7. The molecule has 110 valence electrons. The quantitative estimate of drug-likeness (QED) is 0.613. The van der Waals surface area contributed by atoms with Crippen molar-refractivity contribution >= 4 is 17.3 Å². The van der Waals surface area contributed by atoms with Gasteiger partial charge in [-0.25, -0.2) is 0 Å². The van der Waals surface area contributed by atoms with Gasteiger partial charge in [-0.3, -0.25) is 14.9 Å². The van der Waals surface area contributed by atoms with Crippen LogP contribution < -0.4 is 15.8 Å². The smallest absolute Gasteiger partial charge is 0.275 e. The normalized spacial score (nSPS) is 11.2. The average Bonchev–Trinajstić information content (AvgIpc) is 2.26. The molecule has 7 nitrogen and oxygen atoms in total. The second-order valence-corrected chi connectivity index (χ2v) is 5.25. The van der Waals surface area contributed by atoms with Gasteiger partial charge in [0.15, 0.2) is 0 Å². The van der Waals surface area contributed by atoms with Crippen molar-refractivity contribution in [2.75, 3.05) is 5.32 Å². The van der Waals surface area contributed by atoms with Crippen LogP contribution in [0.2, 0.25) is 0 Å². The molecule has 1 rings (SSSR count). The summed E-state index contributed by atoms with van der Waals surface area (Å²) in [6, 6.07) is 4.26. The van der Waals surface area contributed by atoms with Crippen molar-refractivity contribution in [2.24, 2.45) is 5.73 Å². The van der Waals surface area contributed by atoms with Crippen molar-refractivity contribution in [2.45, 2.75) is 39.3 Å². The van der Waals surface area contributed by atoms with Crippen LogP contribution in [0.15, 0.2) is 18.2 Å². The molecule has 0 fully saturated rings. The van der Waals surface area contributed by atoms with Crippen molar-refractivity contribution in [3.8, 4) is 5.75 Å². The van der Waals surface area contributed by atoms with Gasteiger partial charge < -0.3 is 15.8 Å². The number of nitro benzene ring substituents is 1. The van der Waals surface area contributed by atoms with Crippen LogP contribution in [0.25, 0.3) is 0 Å². The first-order valence-electron chi connectivity index (χ1n) is 6.16. The van der Waals surface area contributed by atoms with E-state index in [0.717, 1.165) is 0 Å². The lowest BCUT2D eigenvalue weighted by atomic mass is 10.0. The molecule has 0 saturated carbocycles. The molecule has 1 aromatic rings. The molecule has 0 aromatic heterocycles. The third kappa shape index (κ3) is 4.11. The Morgan fingerprint density at radius 3 is 2.45 bits per heavy atom. The molecule has 3 N–H and O–H groups in total. The number of rotatable bonds is 6. The summed E-state index contributed by atoms with van der Waals surface area (Å²) >= 11 is 0. The zero-order valence-electron chi connectivity index (χ0n) is 12.0. The Balaban J connectivity index is 3.15. The van der Waals surface area contributed by atoms with E-state index in [-0.39, 0.29) is 11.8 Å². The topological polar surface area (TPSA) is 107 Å². The predicted molar refractivity (Wildman–Crippen MR) is 75.8 cm³/mol. The molecule has 7 heteroatoms. The number of non-ortho nitro benzene ring substituents is 1. The summed E-state index contributed by atoms with van der Waals surface area (Å²) < 4.78 is 5.46. The summed E-state index contributed by atoms with van der Waals surface area (Å²) in [5, 5.41) is 13.8. The fourth-order valence-corrected chi connectivity index (χ4v) is 1.52. The molecule has 0 aliphatic carbocycles. The highest BCUT2D eigenvalue weighted by Crippen LogP contribution is 2.28. The van der Waals surface area contributed by atoms with E-state index >= 15 is 0 Å². The number of amides is 1. The molecule has 0 bridgehead atoms. The van der Waals surface area contributed by atoms with Crippen LogP contribution in [0.3, 0.4) is 0 Å². The minimum Gasteiger partial charge on any atom is -0.491 e. The van der Waals surface area contributed by atoms with Crippen molar-refractivity contribution < 1.29 is 14.5 Å². The van der Waals surface area contributed by atoms with Crippen LogP contribution in [-0.4, -0.2) is 22.5 Å². The van der Waals surface area contributed by atoms with Gasteiger partial charge in [0.1, 0.15) is 11.3 Å². The Hall–Kier alpha value is -2.31. The second-order valence-electron chi connectivity index (χ2n) is 5.25. The maximum atomic E-state index is 11.3. The summed E-state index contributed by atoms with van der Waals surface area (Å²) in [6.45, 7) is 6.83. The zero-order valence-corrected chi connectivity index (χ0v) is 12.0. The lowest BCUT2D eigenvalue weighted by molar-refractivity contribution is -0.384. The molecule has 0 aliphatic rings. The van der Waals surface area contributed by atoms with Gasteiger partial charge in [0.05, 0.1) is 17.1 Å². The van der Waals surface area contributed by atoms with E-state index in [2.05, 4.69) is 5.32 Å². The van der Waals surface area contributed by atoms with Gasteiger partial charge in [-0.05, 0) is 27.7 Å². The van der Waals surface area contributed by atoms with Crippen LogP contribution in [0, 0.1) is 10.1 Å². The number of carbonyl (C=O) groups is 1. The molecule has 0 radical (unpaired) electrons. The molecule has 0 saturated heterocycles. The van der Waals surface area contributed by atoms with Crippen molar-refractivity contribution in [3.63, 3.8) is 0 Å². The van der Waals surface area contributed by atoms with Crippen LogP contribution in [0.4, 0.5) is 11.4 Å². The van der Waals surface area contributed by atoms with Crippen molar-refractivity contribution in [1.29, 1.82) is 0 Å². The van der Waals surface area contributed by atoms with Crippen LogP contribution in [0.1, 0.15) is 27.7 Å². The molecule has 1 amide bonds. The molecular formula is C13H19N3O4. The highest BCUT2D eigenvalue weighted by Gasteiger charge is 2.25. The van der Waals surface area contributed by atoms with Gasteiger partial charge in [-0.1, -0.05) is 0 Å². The maximum absolute atomic E-state index is 11.3. The molecular weight excluding hydrogens is 262 g/mol. The van der Waals surface area contributed by atoms with E-state index in [1.807, 2.05) is 13.8 Å². The summed E-state index contributed by atoms with van der Waals surface area (Å²) in [5.74, 6) is -0.202. The number of ether oxygens (including phenoxy) is 1. The lowest BCUT2D eigenvalue weighted by Gasteiger charge is -2.24. The molecule has 0 unspecified atom stereocenters. The van der Waals surface area contributed by atoms with Crippen LogP contribution in [-0.2, 0) is 4.79 Å². The summed E-state index contributed by atoms with van der Waals surface area (Å²) in [5.41, 5.74) is 4.53. The average molecular weight is 281 g/mol. The number of primary amides is 1. The van der Waals surface area contributed by atoms with Crippen LogP contribution >= 0.6 is 0 Å². The fourth-order valence-electron chi connectivity index (χ4n) is 1.52. The molecule has 0 spiro atoms. The number of nitrogens with one attached hydrogen (secondary N) is 1. The van der Waals surface area contributed by atoms with E-state index in [9.17, 15) is 14.9 Å². The van der Waals surface area contributed by atoms with Gasteiger partial charge in [-0.2, -0.15) is 0 Å². The highest BCUT2D eigenvalue weighted by molar-refractivity contribution is 5.87. The summed E-state index contributed by atoms with van der Waals surface area (Å²) in [6.07, 6.45) is -0.117. The summed E-state index contributed by atoms with van der Waals surface area (Å²) in [7, 11) is 0. The third-order valence-electron chi connectivity index (χ3n) is 2.55. The van der Waals surface area contributed by atoms with Gasteiger partial charge in [0, 0.05) is 17.8 Å². The molecule has 0 aliphatic heterocycles. The van der Waals surface area contributed by atoms with E-state index in [1.54, 1.807) is 19.9 Å². The van der Waals surface area contributed by atoms with Crippen molar-refractivity contribution in [1.82, 2.24) is 0 Å². The number of carbonyl (C=O) groups excluding carboxylic acids is 1. The van der Waals surface area contributed by atoms with Gasteiger partial charge in [0.2, 0.25) is 5.91 Å². The van der Waals surface area contributed by atoms with Gasteiger partial charge in [-0.15, -0.1) is 0 Å². The SMILES string of the molecule is CC(C)Oc1cc(NC(C)(C)C(N)=O)cc([N+](=O)[O-])c1. The Bertz CT molecular complexity index is 526. The molecule has 0 atom stereocenters. The van der Waals surface area contributed by atoms with Gasteiger partial charge in [0.25, 0.3) is 5.69 Å². The van der Waals surface area contributed by atoms with E-state index < -0.39 is 16.4 Å². The minimum absolute atomic E-state index is 0.117. The largest absolute Gasteiger partial charge is 0.491 e. The number of benzene rings is 1. The second kappa shape index (κ2) is 5.77. The highest BCUT2D eigenvalue weighted by atomic mass is 16.6. The molecule has 0 heterocycles. The first-order valence-corrected chi connectivity index (χ1v) is 6.16. The summed E-state index contributed by atoms with van der Waals surface area (Å²) in [4.78, 5) is 21.7. The standard InChI is InChI=1S/C13H19N3O4/c1-8(2)20-11-6-9(5-10(7-11)16(18)19)15-13(3,4)12(14)17/h5-8,15H,1-4H3,(H2,14,17). The van der Waals surface area contributed by atoms with E-state index in [0.29, 0.717) is 11.4 Å². The maximum Gasteiger partial charge on any atom is 0.275 e. The van der Waals surface area contributed by atoms with E-state index in [4.69, 9.17) is 10.5 Å². The third-order valence-corrected chi connectivity index (χ3v) is 2.55. The Morgan fingerprint density at radius 1 is 1.40 bits per heavy atom. The predicted octanol–water partition coefficient (Wildman–Crippen LogP) is 2.06.